The van der Waals surface area contributed by atoms with Crippen molar-refractivity contribution in [3.05, 3.63) is 29.6 Å². The van der Waals surface area contributed by atoms with Gasteiger partial charge in [0.15, 0.2) is 11.6 Å². The second-order valence-electron chi connectivity index (χ2n) is 6.58. The summed E-state index contributed by atoms with van der Waals surface area (Å²) in [4.78, 5) is 14.1. The van der Waals surface area contributed by atoms with E-state index >= 15 is 0 Å². The third-order valence-corrected chi connectivity index (χ3v) is 4.54. The molecule has 0 saturated heterocycles. The average Bonchev–Trinajstić information content (AvgIpc) is 2.49. The number of hydrogen-bond donors (Lipinski definition) is 1. The summed E-state index contributed by atoms with van der Waals surface area (Å²) in [5, 5.41) is 3.14. The highest BCUT2D eigenvalue weighted by Crippen LogP contribution is 2.23. The maximum Gasteiger partial charge on any atom is 0.234 e. The van der Waals surface area contributed by atoms with Crippen LogP contribution in [0.25, 0.3) is 0 Å². The van der Waals surface area contributed by atoms with Crippen molar-refractivity contribution < 1.29 is 13.9 Å². The monoisotopic (exact) mass is 322 g/mol. The van der Waals surface area contributed by atoms with Gasteiger partial charge in [0.25, 0.3) is 0 Å². The Labute approximate surface area is 138 Å². The first-order valence-electron chi connectivity index (χ1n) is 8.30. The molecule has 1 amide bonds. The largest absolute Gasteiger partial charge is 0.494 e. The Bertz CT molecular complexity index is 536. The summed E-state index contributed by atoms with van der Waals surface area (Å²) in [7, 11) is 3.31. The maximum atomic E-state index is 13.7. The molecular weight excluding hydrogens is 295 g/mol. The molecule has 2 atom stereocenters. The van der Waals surface area contributed by atoms with Gasteiger partial charge >= 0.3 is 0 Å². The van der Waals surface area contributed by atoms with E-state index in [2.05, 4.69) is 12.2 Å². The SMILES string of the molecule is COc1ccc(CN(C)CC(=O)N[C@H]2CCCC[C@H]2C)cc1F. The van der Waals surface area contributed by atoms with Crippen molar-refractivity contribution in [2.24, 2.45) is 5.92 Å². The van der Waals surface area contributed by atoms with E-state index in [1.807, 2.05) is 18.0 Å². The van der Waals surface area contributed by atoms with Crippen LogP contribution in [0, 0.1) is 11.7 Å². The number of halogens is 1. The predicted octanol–water partition coefficient (Wildman–Crippen LogP) is 2.96. The molecule has 23 heavy (non-hydrogen) atoms. The van der Waals surface area contributed by atoms with E-state index in [1.54, 1.807) is 6.07 Å². The van der Waals surface area contributed by atoms with Crippen molar-refractivity contribution in [1.82, 2.24) is 10.2 Å². The Morgan fingerprint density at radius 3 is 2.78 bits per heavy atom. The van der Waals surface area contributed by atoms with E-state index in [0.717, 1.165) is 12.0 Å². The van der Waals surface area contributed by atoms with Gasteiger partial charge in [0, 0.05) is 12.6 Å². The van der Waals surface area contributed by atoms with Crippen LogP contribution in [-0.4, -0.2) is 37.6 Å². The van der Waals surface area contributed by atoms with Crippen LogP contribution in [0.15, 0.2) is 18.2 Å². The normalized spacial score (nSPS) is 21.3. The van der Waals surface area contributed by atoms with Gasteiger partial charge in [-0.15, -0.1) is 0 Å². The fourth-order valence-electron chi connectivity index (χ4n) is 3.20. The number of nitrogens with zero attached hydrogens (tertiary/aromatic N) is 1. The summed E-state index contributed by atoms with van der Waals surface area (Å²) in [6.45, 7) is 3.04. The van der Waals surface area contributed by atoms with Crippen LogP contribution < -0.4 is 10.1 Å². The molecule has 0 bridgehead atoms. The Balaban J connectivity index is 1.82. The number of hydrogen-bond acceptors (Lipinski definition) is 3. The summed E-state index contributed by atoms with van der Waals surface area (Å²) in [5.41, 5.74) is 0.824. The van der Waals surface area contributed by atoms with E-state index in [1.165, 1.54) is 32.4 Å². The Hall–Kier alpha value is -1.62. The Kier molecular flexibility index (Phi) is 6.39. The summed E-state index contributed by atoms with van der Waals surface area (Å²) in [6, 6.07) is 5.18. The molecule has 0 spiro atoms. The van der Waals surface area contributed by atoms with Crippen molar-refractivity contribution in [3.63, 3.8) is 0 Å². The molecule has 0 aliphatic heterocycles. The van der Waals surface area contributed by atoms with Gasteiger partial charge in [-0.1, -0.05) is 25.8 Å². The standard InChI is InChI=1S/C18H27FN2O2/c1-13-6-4-5-7-16(13)20-18(22)12-21(2)11-14-8-9-17(23-3)15(19)10-14/h8-10,13,16H,4-7,11-12H2,1-3H3,(H,20,22)/t13-,16+/m1/s1. The van der Waals surface area contributed by atoms with Crippen molar-refractivity contribution in [3.8, 4) is 5.75 Å². The van der Waals surface area contributed by atoms with Crippen molar-refractivity contribution in [2.75, 3.05) is 20.7 Å². The molecule has 1 fully saturated rings. The first kappa shape index (κ1) is 17.7. The van der Waals surface area contributed by atoms with Gasteiger partial charge in [0.1, 0.15) is 0 Å². The zero-order valence-electron chi connectivity index (χ0n) is 14.3. The number of nitrogens with one attached hydrogen (secondary N) is 1. The van der Waals surface area contributed by atoms with Crippen molar-refractivity contribution in [1.29, 1.82) is 0 Å². The molecule has 0 radical (unpaired) electrons. The topological polar surface area (TPSA) is 41.6 Å². The average molecular weight is 322 g/mol. The second-order valence-corrected chi connectivity index (χ2v) is 6.58. The summed E-state index contributed by atoms with van der Waals surface area (Å²) in [5.74, 6) is 0.452. The van der Waals surface area contributed by atoms with Crippen LogP contribution in [-0.2, 0) is 11.3 Å². The molecule has 1 aliphatic rings. The molecule has 0 heterocycles. The number of rotatable bonds is 6. The van der Waals surface area contributed by atoms with Gasteiger partial charge in [0.2, 0.25) is 5.91 Å². The zero-order chi connectivity index (χ0) is 16.8. The number of amides is 1. The molecule has 0 unspecified atom stereocenters. The van der Waals surface area contributed by atoms with Gasteiger partial charge in [-0.05, 0) is 43.5 Å². The lowest BCUT2D eigenvalue weighted by Gasteiger charge is -2.30. The van der Waals surface area contributed by atoms with Crippen LogP contribution in [0.5, 0.6) is 5.75 Å². The quantitative estimate of drug-likeness (QED) is 0.875. The van der Waals surface area contributed by atoms with Crippen LogP contribution in [0.3, 0.4) is 0 Å². The van der Waals surface area contributed by atoms with Crippen molar-refractivity contribution in [2.45, 2.75) is 45.2 Å². The number of carbonyl (C=O) groups is 1. The first-order valence-corrected chi connectivity index (χ1v) is 8.30. The van der Waals surface area contributed by atoms with Crippen LogP contribution in [0.1, 0.15) is 38.2 Å². The molecule has 5 heteroatoms. The number of methoxy groups -OCH3 is 1. The van der Waals surface area contributed by atoms with Crippen LogP contribution in [0.4, 0.5) is 4.39 Å². The van der Waals surface area contributed by atoms with Gasteiger partial charge in [-0.25, -0.2) is 4.39 Å². The molecule has 1 aliphatic carbocycles. The Morgan fingerprint density at radius 2 is 2.13 bits per heavy atom. The third-order valence-electron chi connectivity index (χ3n) is 4.54. The van der Waals surface area contributed by atoms with E-state index < -0.39 is 0 Å². The fraction of sp³-hybridized carbons (Fsp3) is 0.611. The molecule has 128 valence electrons. The summed E-state index contributed by atoms with van der Waals surface area (Å²) in [6.07, 6.45) is 4.71. The molecule has 1 aromatic rings. The molecule has 1 saturated carbocycles. The van der Waals surface area contributed by atoms with Gasteiger partial charge in [-0.3, -0.25) is 9.69 Å². The maximum absolute atomic E-state index is 13.7. The van der Waals surface area contributed by atoms with Gasteiger partial charge < -0.3 is 10.1 Å². The number of carbonyl (C=O) groups excluding carboxylic acids is 1. The molecular formula is C18H27FN2O2. The second kappa shape index (κ2) is 8.29. The minimum atomic E-state index is -0.376. The Morgan fingerprint density at radius 1 is 1.39 bits per heavy atom. The molecule has 4 nitrogen and oxygen atoms in total. The summed E-state index contributed by atoms with van der Waals surface area (Å²) >= 11 is 0. The van der Waals surface area contributed by atoms with Gasteiger partial charge in [-0.2, -0.15) is 0 Å². The number of likely N-dealkylation sites (N-methyl/N-ethyl adjacent to an activating group) is 1. The third kappa shape index (κ3) is 5.20. The first-order chi connectivity index (χ1) is 11.0. The minimum Gasteiger partial charge on any atom is -0.494 e. The smallest absolute Gasteiger partial charge is 0.234 e. The fourth-order valence-corrected chi connectivity index (χ4v) is 3.20. The lowest BCUT2D eigenvalue weighted by Crippen LogP contribution is -2.44. The summed E-state index contributed by atoms with van der Waals surface area (Å²) < 4.78 is 18.6. The van der Waals surface area contributed by atoms with E-state index in [0.29, 0.717) is 25.0 Å². The molecule has 1 N–H and O–H groups in total. The number of ether oxygens (including phenoxy) is 1. The van der Waals surface area contributed by atoms with Crippen LogP contribution >= 0.6 is 0 Å². The van der Waals surface area contributed by atoms with Crippen molar-refractivity contribution >= 4 is 5.91 Å². The van der Waals surface area contributed by atoms with Gasteiger partial charge in [0.05, 0.1) is 13.7 Å². The highest BCUT2D eigenvalue weighted by molar-refractivity contribution is 5.78. The molecule has 0 aromatic heterocycles. The lowest BCUT2D eigenvalue weighted by molar-refractivity contribution is -0.123. The van der Waals surface area contributed by atoms with Crippen LogP contribution in [0.2, 0.25) is 0 Å². The van der Waals surface area contributed by atoms with E-state index in [4.69, 9.17) is 4.74 Å². The zero-order valence-corrected chi connectivity index (χ0v) is 14.3. The predicted molar refractivity (Wildman–Crippen MR) is 88.8 cm³/mol. The van der Waals surface area contributed by atoms with E-state index in [-0.39, 0.29) is 17.5 Å². The molecule has 1 aromatic carbocycles. The van der Waals surface area contributed by atoms with E-state index in [9.17, 15) is 9.18 Å². The number of benzene rings is 1. The minimum absolute atomic E-state index is 0.0419. The molecule has 2 rings (SSSR count). The lowest BCUT2D eigenvalue weighted by atomic mass is 9.86. The highest BCUT2D eigenvalue weighted by atomic mass is 19.1. The highest BCUT2D eigenvalue weighted by Gasteiger charge is 2.23.